The van der Waals surface area contributed by atoms with E-state index in [0.717, 1.165) is 17.4 Å². The van der Waals surface area contributed by atoms with E-state index in [4.69, 9.17) is 0 Å². The zero-order valence-electron chi connectivity index (χ0n) is 7.90. The first kappa shape index (κ1) is 9.15. The third-order valence-corrected chi connectivity index (χ3v) is 2.60. The number of rotatable bonds is 3. The Morgan fingerprint density at radius 1 is 1.36 bits per heavy atom. The van der Waals surface area contributed by atoms with Crippen LogP contribution in [-0.2, 0) is 6.54 Å². The van der Waals surface area contributed by atoms with Crippen LogP contribution in [0.5, 0.6) is 0 Å². The minimum Gasteiger partial charge on any atom is -0.364 e. The fourth-order valence-corrected chi connectivity index (χ4v) is 1.63. The third kappa shape index (κ3) is 2.29. The topological polar surface area (TPSA) is 37.8 Å². The fraction of sp³-hybridized carbons (Fsp3) is 0.200. The number of hydrogen-bond donors (Lipinski definition) is 1. The lowest BCUT2D eigenvalue weighted by Crippen LogP contribution is -2.00. The molecule has 0 atom stereocenters. The molecule has 2 aromatic rings. The van der Waals surface area contributed by atoms with Crippen molar-refractivity contribution in [3.8, 4) is 0 Å². The molecule has 0 spiro atoms. The van der Waals surface area contributed by atoms with E-state index in [1.807, 2.05) is 36.8 Å². The van der Waals surface area contributed by atoms with Gasteiger partial charge in [0.25, 0.3) is 0 Å². The van der Waals surface area contributed by atoms with Crippen LogP contribution >= 0.6 is 11.3 Å². The maximum atomic E-state index is 4.24. The van der Waals surface area contributed by atoms with Crippen LogP contribution in [0.25, 0.3) is 0 Å². The van der Waals surface area contributed by atoms with E-state index in [1.165, 1.54) is 5.56 Å². The van der Waals surface area contributed by atoms with Gasteiger partial charge in [0.2, 0.25) is 0 Å². The van der Waals surface area contributed by atoms with Crippen molar-refractivity contribution in [3.63, 3.8) is 0 Å². The average molecular weight is 205 g/mol. The van der Waals surface area contributed by atoms with Crippen molar-refractivity contribution in [2.24, 2.45) is 0 Å². The normalized spacial score (nSPS) is 10.1. The second-order valence-corrected chi connectivity index (χ2v) is 3.98. The van der Waals surface area contributed by atoms with Crippen molar-refractivity contribution < 1.29 is 0 Å². The van der Waals surface area contributed by atoms with Crippen molar-refractivity contribution in [2.45, 2.75) is 13.5 Å². The fourth-order valence-electron chi connectivity index (χ4n) is 1.08. The molecule has 0 aliphatic carbocycles. The molecular weight excluding hydrogens is 194 g/mol. The number of anilines is 1. The van der Waals surface area contributed by atoms with Gasteiger partial charge in [0.05, 0.1) is 6.54 Å². The maximum Gasteiger partial charge on any atom is 0.126 e. The van der Waals surface area contributed by atoms with Crippen LogP contribution in [0.2, 0.25) is 0 Å². The quantitative estimate of drug-likeness (QED) is 0.836. The molecule has 3 nitrogen and oxygen atoms in total. The average Bonchev–Trinajstić information content (AvgIpc) is 2.70. The lowest BCUT2D eigenvalue weighted by atomic mass is 10.3. The summed E-state index contributed by atoms with van der Waals surface area (Å²) in [6.45, 7) is 2.77. The Kier molecular flexibility index (Phi) is 2.74. The Morgan fingerprint density at radius 2 is 2.29 bits per heavy atom. The summed E-state index contributed by atoms with van der Waals surface area (Å²) in [4.78, 5) is 8.42. The molecule has 0 bridgehead atoms. The highest BCUT2D eigenvalue weighted by Crippen LogP contribution is 2.08. The highest BCUT2D eigenvalue weighted by Gasteiger charge is 1.96. The number of aromatic nitrogens is 2. The summed E-state index contributed by atoms with van der Waals surface area (Å²) < 4.78 is 0. The van der Waals surface area contributed by atoms with Crippen LogP contribution in [-0.4, -0.2) is 9.97 Å². The highest BCUT2D eigenvalue weighted by atomic mass is 32.1. The molecule has 2 rings (SSSR count). The minimum atomic E-state index is 0.744. The Bertz CT molecular complexity index is 380. The van der Waals surface area contributed by atoms with Crippen LogP contribution in [0.1, 0.15) is 10.6 Å². The van der Waals surface area contributed by atoms with Gasteiger partial charge >= 0.3 is 0 Å². The van der Waals surface area contributed by atoms with Gasteiger partial charge in [0, 0.05) is 17.8 Å². The summed E-state index contributed by atoms with van der Waals surface area (Å²) in [6.07, 6.45) is 3.66. The molecule has 0 radical (unpaired) electrons. The van der Waals surface area contributed by atoms with Gasteiger partial charge in [-0.05, 0) is 18.6 Å². The second-order valence-electron chi connectivity index (χ2n) is 3.00. The summed E-state index contributed by atoms with van der Waals surface area (Å²) in [6, 6.07) is 4.01. The van der Waals surface area contributed by atoms with E-state index in [-0.39, 0.29) is 0 Å². The van der Waals surface area contributed by atoms with E-state index in [1.54, 1.807) is 11.3 Å². The number of pyridine rings is 1. The lowest BCUT2D eigenvalue weighted by molar-refractivity contribution is 1.07. The molecule has 2 heterocycles. The van der Waals surface area contributed by atoms with E-state index in [0.29, 0.717) is 0 Å². The van der Waals surface area contributed by atoms with Gasteiger partial charge in [-0.1, -0.05) is 6.07 Å². The summed E-state index contributed by atoms with van der Waals surface area (Å²) in [5.41, 5.74) is 1.17. The minimum absolute atomic E-state index is 0.744. The molecule has 0 fully saturated rings. The van der Waals surface area contributed by atoms with Crippen molar-refractivity contribution >= 4 is 17.2 Å². The van der Waals surface area contributed by atoms with E-state index in [2.05, 4.69) is 15.3 Å². The van der Waals surface area contributed by atoms with E-state index < -0.39 is 0 Å². The third-order valence-electron chi connectivity index (χ3n) is 1.82. The molecule has 0 saturated heterocycles. The van der Waals surface area contributed by atoms with Crippen molar-refractivity contribution in [1.29, 1.82) is 0 Å². The second kappa shape index (κ2) is 4.19. The Morgan fingerprint density at radius 3 is 2.93 bits per heavy atom. The molecule has 1 N–H and O–H groups in total. The Balaban J connectivity index is 1.95. The molecule has 14 heavy (non-hydrogen) atoms. The Labute approximate surface area is 86.8 Å². The van der Waals surface area contributed by atoms with Crippen molar-refractivity contribution in [2.75, 3.05) is 5.32 Å². The smallest absolute Gasteiger partial charge is 0.126 e. The first-order valence-corrected chi connectivity index (χ1v) is 5.27. The van der Waals surface area contributed by atoms with Gasteiger partial charge in [0.1, 0.15) is 10.8 Å². The summed E-state index contributed by atoms with van der Waals surface area (Å²) in [7, 11) is 0. The monoisotopic (exact) mass is 205 g/mol. The number of nitrogens with zero attached hydrogens (tertiary/aromatic N) is 2. The number of aryl methyl sites for hydroxylation is 1. The molecule has 0 saturated carbocycles. The maximum absolute atomic E-state index is 4.24. The van der Waals surface area contributed by atoms with Crippen LogP contribution in [0, 0.1) is 6.92 Å². The number of thiazole rings is 1. The molecule has 4 heteroatoms. The summed E-state index contributed by atoms with van der Waals surface area (Å²) in [5, 5.41) is 6.26. The van der Waals surface area contributed by atoms with Gasteiger partial charge in [-0.15, -0.1) is 11.3 Å². The van der Waals surface area contributed by atoms with E-state index >= 15 is 0 Å². The zero-order valence-corrected chi connectivity index (χ0v) is 8.71. The molecular formula is C10H11N3S. The molecule has 0 unspecified atom stereocenters. The predicted molar refractivity (Wildman–Crippen MR) is 58.4 cm³/mol. The van der Waals surface area contributed by atoms with Crippen molar-refractivity contribution in [3.05, 3.63) is 40.5 Å². The molecule has 72 valence electrons. The van der Waals surface area contributed by atoms with Gasteiger partial charge < -0.3 is 5.32 Å². The zero-order chi connectivity index (χ0) is 9.80. The number of nitrogens with one attached hydrogen (secondary N) is 1. The molecule has 0 amide bonds. The standard InChI is InChI=1S/C10H11N3S/c1-8-2-3-9(12-6-8)13-7-10-11-4-5-14-10/h2-6H,7H2,1H3,(H,12,13). The first-order chi connectivity index (χ1) is 6.84. The van der Waals surface area contributed by atoms with Crippen LogP contribution < -0.4 is 5.32 Å². The lowest BCUT2D eigenvalue weighted by Gasteiger charge is -2.02. The number of hydrogen-bond acceptors (Lipinski definition) is 4. The van der Waals surface area contributed by atoms with Crippen LogP contribution in [0.4, 0.5) is 5.82 Å². The molecule has 0 aliphatic heterocycles. The van der Waals surface area contributed by atoms with Crippen LogP contribution in [0.3, 0.4) is 0 Å². The van der Waals surface area contributed by atoms with Gasteiger partial charge in [-0.25, -0.2) is 9.97 Å². The van der Waals surface area contributed by atoms with Crippen LogP contribution in [0.15, 0.2) is 29.9 Å². The molecule has 0 aliphatic rings. The van der Waals surface area contributed by atoms with Gasteiger partial charge in [-0.2, -0.15) is 0 Å². The molecule has 0 aromatic carbocycles. The van der Waals surface area contributed by atoms with Crippen molar-refractivity contribution in [1.82, 2.24) is 9.97 Å². The Hall–Kier alpha value is -1.42. The summed E-state index contributed by atoms with van der Waals surface area (Å²) >= 11 is 1.64. The van der Waals surface area contributed by atoms with E-state index in [9.17, 15) is 0 Å². The molecule has 2 aromatic heterocycles. The highest BCUT2D eigenvalue weighted by molar-refractivity contribution is 7.09. The predicted octanol–water partition coefficient (Wildman–Crippen LogP) is 2.46. The van der Waals surface area contributed by atoms with Gasteiger partial charge in [0.15, 0.2) is 0 Å². The van der Waals surface area contributed by atoms with Gasteiger partial charge in [-0.3, -0.25) is 0 Å². The SMILES string of the molecule is Cc1ccc(NCc2nccs2)nc1. The summed E-state index contributed by atoms with van der Waals surface area (Å²) in [5.74, 6) is 0.894. The largest absolute Gasteiger partial charge is 0.364 e. The first-order valence-electron chi connectivity index (χ1n) is 4.39.